The predicted octanol–water partition coefficient (Wildman–Crippen LogP) is 3.47. The van der Waals surface area contributed by atoms with Gasteiger partial charge >= 0.3 is 0 Å². The Morgan fingerprint density at radius 3 is 2.68 bits per heavy atom. The number of anilines is 2. The van der Waals surface area contributed by atoms with Crippen molar-refractivity contribution < 1.29 is 14.2 Å². The van der Waals surface area contributed by atoms with Crippen LogP contribution in [0.15, 0.2) is 30.3 Å². The van der Waals surface area contributed by atoms with Crippen molar-refractivity contribution in [2.45, 2.75) is 19.4 Å². The third-order valence-corrected chi connectivity index (χ3v) is 6.20. The Bertz CT molecular complexity index is 1120. The molecule has 162 valence electrons. The number of benzene rings is 2. The number of hydrogen-bond acceptors (Lipinski definition) is 8. The van der Waals surface area contributed by atoms with E-state index in [0.717, 1.165) is 43.8 Å². The van der Waals surface area contributed by atoms with Crippen LogP contribution in [0.3, 0.4) is 0 Å². The average molecular weight is 442 g/mol. The molecular weight excluding hydrogens is 418 g/mol. The van der Waals surface area contributed by atoms with Gasteiger partial charge in [-0.15, -0.1) is 0 Å². The first-order valence-corrected chi connectivity index (χ1v) is 10.7. The summed E-state index contributed by atoms with van der Waals surface area (Å²) in [6.45, 7) is 3.64. The maximum absolute atomic E-state index is 6.43. The number of ether oxygens (including phenoxy) is 3. The van der Waals surface area contributed by atoms with Gasteiger partial charge in [-0.3, -0.25) is 4.90 Å². The molecule has 0 spiro atoms. The van der Waals surface area contributed by atoms with Crippen LogP contribution in [0.4, 0.5) is 11.8 Å². The van der Waals surface area contributed by atoms with E-state index in [1.807, 2.05) is 30.3 Å². The van der Waals surface area contributed by atoms with Gasteiger partial charge in [-0.25, -0.2) is 4.98 Å². The molecule has 9 heteroatoms. The first-order chi connectivity index (χ1) is 15.1. The van der Waals surface area contributed by atoms with E-state index in [1.54, 1.807) is 0 Å². The fourth-order valence-electron chi connectivity index (χ4n) is 4.16. The van der Waals surface area contributed by atoms with Crippen LogP contribution in [0.1, 0.15) is 18.4 Å². The smallest absolute Gasteiger partial charge is 0.231 e. The third-order valence-electron chi connectivity index (χ3n) is 5.85. The van der Waals surface area contributed by atoms with Gasteiger partial charge in [-0.05, 0) is 55.6 Å². The van der Waals surface area contributed by atoms with Gasteiger partial charge < -0.3 is 25.7 Å². The molecule has 3 heterocycles. The fraction of sp³-hybridized carbons (Fsp3) is 0.364. The van der Waals surface area contributed by atoms with Gasteiger partial charge in [-0.1, -0.05) is 17.7 Å². The molecule has 5 rings (SSSR count). The van der Waals surface area contributed by atoms with E-state index in [9.17, 15) is 0 Å². The van der Waals surface area contributed by atoms with Crippen molar-refractivity contribution in [3.05, 3.63) is 40.9 Å². The molecule has 2 aliphatic heterocycles. The highest BCUT2D eigenvalue weighted by atomic mass is 35.5. The lowest BCUT2D eigenvalue weighted by molar-refractivity contribution is 0.137. The molecule has 0 saturated carbocycles. The van der Waals surface area contributed by atoms with Gasteiger partial charge in [0.25, 0.3) is 0 Å². The molecule has 0 aliphatic carbocycles. The van der Waals surface area contributed by atoms with Crippen LogP contribution in [-0.4, -0.2) is 41.4 Å². The second-order valence-corrected chi connectivity index (χ2v) is 8.35. The summed E-state index contributed by atoms with van der Waals surface area (Å²) in [6, 6.07) is 9.47. The molecule has 4 N–H and O–H groups in total. The zero-order valence-corrected chi connectivity index (χ0v) is 17.8. The summed E-state index contributed by atoms with van der Waals surface area (Å²) in [5.41, 5.74) is 13.5. The normalized spacial score (nSPS) is 16.7. The summed E-state index contributed by atoms with van der Waals surface area (Å²) < 4.78 is 17.0. The summed E-state index contributed by atoms with van der Waals surface area (Å²) in [6.07, 6.45) is 2.09. The number of nitrogens with two attached hydrogens (primary N) is 2. The Labute approximate surface area is 185 Å². The average Bonchev–Trinajstić information content (AvgIpc) is 3.20. The molecule has 31 heavy (non-hydrogen) atoms. The molecule has 0 amide bonds. The Balaban J connectivity index is 1.18. The molecule has 0 unspecified atom stereocenters. The summed E-state index contributed by atoms with van der Waals surface area (Å²) >= 11 is 6.43. The zero-order chi connectivity index (χ0) is 21.4. The van der Waals surface area contributed by atoms with E-state index in [-0.39, 0.29) is 12.7 Å². The summed E-state index contributed by atoms with van der Waals surface area (Å²) in [4.78, 5) is 10.7. The van der Waals surface area contributed by atoms with Gasteiger partial charge in [-0.2, -0.15) is 4.98 Å². The van der Waals surface area contributed by atoms with Crippen molar-refractivity contribution in [1.82, 2.24) is 14.9 Å². The van der Waals surface area contributed by atoms with Crippen LogP contribution < -0.4 is 25.7 Å². The molecule has 0 atom stereocenters. The van der Waals surface area contributed by atoms with E-state index >= 15 is 0 Å². The Hall–Kier alpha value is -2.97. The Kier molecular flexibility index (Phi) is 5.33. The predicted molar refractivity (Wildman–Crippen MR) is 119 cm³/mol. The maximum atomic E-state index is 6.43. The summed E-state index contributed by atoms with van der Waals surface area (Å²) in [5.74, 6) is 3.15. The zero-order valence-electron chi connectivity index (χ0n) is 17.0. The van der Waals surface area contributed by atoms with Crippen LogP contribution >= 0.6 is 11.6 Å². The molecular formula is C22H24ClN5O3. The van der Waals surface area contributed by atoms with Gasteiger partial charge in [0.1, 0.15) is 11.6 Å². The highest BCUT2D eigenvalue weighted by molar-refractivity contribution is 6.31. The Morgan fingerprint density at radius 2 is 1.87 bits per heavy atom. The molecule has 1 saturated heterocycles. The SMILES string of the molecule is Nc1nc(N)c2c(OCC3CCN(Cc4cc5c(cc4Cl)OCO5)CC3)cccc2n1. The third kappa shape index (κ3) is 4.13. The maximum Gasteiger partial charge on any atom is 0.231 e. The topological polar surface area (TPSA) is 109 Å². The van der Waals surface area contributed by atoms with Gasteiger partial charge in [0.15, 0.2) is 11.5 Å². The quantitative estimate of drug-likeness (QED) is 0.619. The molecule has 3 aromatic rings. The number of rotatable bonds is 5. The van der Waals surface area contributed by atoms with Crippen molar-refractivity contribution in [3.63, 3.8) is 0 Å². The highest BCUT2D eigenvalue weighted by Gasteiger charge is 2.23. The standard InChI is InChI=1S/C22H24ClN5O3/c23-15-9-19-18(30-12-31-19)8-14(15)10-28-6-4-13(5-7-28)11-29-17-3-1-2-16-20(17)21(24)27-22(25)26-16/h1-3,8-9,13H,4-7,10-12H2,(H4,24,25,26,27). The minimum Gasteiger partial charge on any atom is -0.492 e. The van der Waals surface area contributed by atoms with E-state index < -0.39 is 0 Å². The molecule has 0 bridgehead atoms. The van der Waals surface area contributed by atoms with Gasteiger partial charge in [0.2, 0.25) is 12.7 Å². The molecule has 1 aromatic heterocycles. The van der Waals surface area contributed by atoms with Crippen molar-refractivity contribution in [2.75, 3.05) is 38.0 Å². The van der Waals surface area contributed by atoms with Crippen molar-refractivity contribution >= 4 is 34.3 Å². The van der Waals surface area contributed by atoms with Gasteiger partial charge in [0.05, 0.1) is 17.5 Å². The monoisotopic (exact) mass is 441 g/mol. The molecule has 8 nitrogen and oxygen atoms in total. The van der Waals surface area contributed by atoms with Crippen LogP contribution in [0.25, 0.3) is 10.9 Å². The largest absolute Gasteiger partial charge is 0.492 e. The summed E-state index contributed by atoms with van der Waals surface area (Å²) in [7, 11) is 0. The first kappa shape index (κ1) is 20.0. The number of nitrogens with zero attached hydrogens (tertiary/aromatic N) is 3. The number of nitrogen functional groups attached to an aromatic ring is 2. The lowest BCUT2D eigenvalue weighted by atomic mass is 9.97. The number of aromatic nitrogens is 2. The van der Waals surface area contributed by atoms with Crippen LogP contribution in [0.2, 0.25) is 5.02 Å². The lowest BCUT2D eigenvalue weighted by Crippen LogP contribution is -2.35. The van der Waals surface area contributed by atoms with Crippen molar-refractivity contribution in [1.29, 1.82) is 0 Å². The van der Waals surface area contributed by atoms with E-state index in [2.05, 4.69) is 14.9 Å². The number of fused-ring (bicyclic) bond motifs is 2. The van der Waals surface area contributed by atoms with E-state index in [4.69, 9.17) is 37.3 Å². The second-order valence-electron chi connectivity index (χ2n) is 7.94. The van der Waals surface area contributed by atoms with Crippen molar-refractivity contribution in [2.24, 2.45) is 5.92 Å². The number of halogens is 1. The highest BCUT2D eigenvalue weighted by Crippen LogP contribution is 2.37. The van der Waals surface area contributed by atoms with E-state index in [0.29, 0.717) is 45.8 Å². The molecule has 2 aliphatic rings. The number of hydrogen-bond donors (Lipinski definition) is 2. The lowest BCUT2D eigenvalue weighted by Gasteiger charge is -2.32. The summed E-state index contributed by atoms with van der Waals surface area (Å²) in [5, 5.41) is 1.43. The van der Waals surface area contributed by atoms with E-state index in [1.165, 1.54) is 0 Å². The Morgan fingerprint density at radius 1 is 1.10 bits per heavy atom. The van der Waals surface area contributed by atoms with Crippen molar-refractivity contribution in [3.8, 4) is 17.2 Å². The number of piperidine rings is 1. The molecule has 1 fully saturated rings. The van der Waals surface area contributed by atoms with Crippen LogP contribution in [-0.2, 0) is 6.54 Å². The minimum atomic E-state index is 0.164. The first-order valence-electron chi connectivity index (χ1n) is 10.3. The minimum absolute atomic E-state index is 0.164. The number of likely N-dealkylation sites (tertiary alicyclic amines) is 1. The van der Waals surface area contributed by atoms with Gasteiger partial charge in [0, 0.05) is 17.6 Å². The second kappa shape index (κ2) is 8.28. The fourth-order valence-corrected chi connectivity index (χ4v) is 4.37. The molecule has 2 aromatic carbocycles. The molecule has 0 radical (unpaired) electrons. The van der Waals surface area contributed by atoms with Crippen LogP contribution in [0.5, 0.6) is 17.2 Å². The van der Waals surface area contributed by atoms with Crippen LogP contribution in [0, 0.1) is 5.92 Å².